The van der Waals surface area contributed by atoms with Crippen molar-refractivity contribution in [1.82, 2.24) is 29.9 Å². The summed E-state index contributed by atoms with van der Waals surface area (Å²) in [7, 11) is 1.89. The van der Waals surface area contributed by atoms with Crippen LogP contribution in [-0.4, -0.2) is 74.0 Å². The standard InChI is InChI=1S/C29H37N7O3/c1-34-25-8-6-21(14-23(25)18-33-34)17-32-28(38)26-15-22(13-20-5-4-10-31-16-20)19-36(26)29(39)24(30)7-9-27(37)35-11-2-3-12-35/h4-6,8,10,14,16,18,22,24,26H,2-3,7,9,11-13,15,17,19,30H2,1H3,(H,32,38)/t22-,24-,26+/m1/s1. The minimum atomic E-state index is -0.822. The van der Waals surface area contributed by atoms with Gasteiger partial charge in [0.05, 0.1) is 17.8 Å². The average molecular weight is 532 g/mol. The number of aryl methyl sites for hydroxylation is 1. The van der Waals surface area contributed by atoms with Crippen LogP contribution in [0.2, 0.25) is 0 Å². The van der Waals surface area contributed by atoms with E-state index in [4.69, 9.17) is 5.73 Å². The zero-order chi connectivity index (χ0) is 27.4. The Bertz CT molecular complexity index is 1320. The Balaban J connectivity index is 1.24. The third kappa shape index (κ3) is 6.27. The van der Waals surface area contributed by atoms with Gasteiger partial charge in [-0.05, 0) is 67.3 Å². The highest BCUT2D eigenvalue weighted by atomic mass is 16.2. The van der Waals surface area contributed by atoms with Gasteiger partial charge in [-0.25, -0.2) is 0 Å². The lowest BCUT2D eigenvalue weighted by atomic mass is 9.97. The van der Waals surface area contributed by atoms with Gasteiger partial charge in [-0.3, -0.25) is 24.0 Å². The molecule has 3 atom stereocenters. The third-order valence-corrected chi connectivity index (χ3v) is 7.94. The normalized spacial score (nSPS) is 19.9. The summed E-state index contributed by atoms with van der Waals surface area (Å²) in [4.78, 5) is 47.1. The fraction of sp³-hybridized carbons (Fsp3) is 0.483. The summed E-state index contributed by atoms with van der Waals surface area (Å²) >= 11 is 0. The maximum Gasteiger partial charge on any atom is 0.243 e. The summed E-state index contributed by atoms with van der Waals surface area (Å²) in [6, 6.07) is 8.44. The van der Waals surface area contributed by atoms with Crippen LogP contribution in [0.4, 0.5) is 0 Å². The molecule has 0 spiro atoms. The highest BCUT2D eigenvalue weighted by molar-refractivity contribution is 5.91. The lowest BCUT2D eigenvalue weighted by Crippen LogP contribution is -2.51. The van der Waals surface area contributed by atoms with Gasteiger partial charge in [-0.15, -0.1) is 0 Å². The molecule has 1 aromatic carbocycles. The van der Waals surface area contributed by atoms with Gasteiger partial charge in [-0.1, -0.05) is 12.1 Å². The third-order valence-electron chi connectivity index (χ3n) is 7.94. The number of pyridine rings is 1. The van der Waals surface area contributed by atoms with Crippen LogP contribution < -0.4 is 11.1 Å². The van der Waals surface area contributed by atoms with Gasteiger partial charge in [0, 0.05) is 57.4 Å². The number of likely N-dealkylation sites (tertiary alicyclic amines) is 2. The SMILES string of the molecule is Cn1ncc2cc(CNC(=O)[C@@H]3C[C@@H](Cc4cccnc4)CN3C(=O)[C@H](N)CCC(=O)N3CCCC3)ccc21. The Hall–Kier alpha value is -3.79. The number of hydrogen-bond donors (Lipinski definition) is 2. The fourth-order valence-corrected chi connectivity index (χ4v) is 5.79. The lowest BCUT2D eigenvalue weighted by molar-refractivity contribution is -0.140. The summed E-state index contributed by atoms with van der Waals surface area (Å²) in [6.07, 6.45) is 9.20. The molecule has 0 bridgehead atoms. The van der Waals surface area contributed by atoms with E-state index in [0.29, 0.717) is 19.5 Å². The Kier molecular flexibility index (Phi) is 8.21. The molecule has 4 heterocycles. The Labute approximate surface area is 228 Å². The molecule has 206 valence electrons. The quantitative estimate of drug-likeness (QED) is 0.433. The van der Waals surface area contributed by atoms with Crippen molar-refractivity contribution in [3.8, 4) is 0 Å². The molecule has 0 aliphatic carbocycles. The number of aromatic nitrogens is 3. The number of nitrogens with two attached hydrogens (primary N) is 1. The number of amides is 3. The molecule has 3 N–H and O–H groups in total. The van der Waals surface area contributed by atoms with E-state index in [0.717, 1.165) is 54.4 Å². The predicted molar refractivity (Wildman–Crippen MR) is 147 cm³/mol. The lowest BCUT2D eigenvalue weighted by Gasteiger charge is -2.27. The molecule has 39 heavy (non-hydrogen) atoms. The van der Waals surface area contributed by atoms with Crippen molar-refractivity contribution in [2.75, 3.05) is 19.6 Å². The van der Waals surface area contributed by atoms with Gasteiger partial charge in [0.2, 0.25) is 17.7 Å². The molecule has 2 fully saturated rings. The first-order chi connectivity index (χ1) is 18.9. The molecular formula is C29H37N7O3. The van der Waals surface area contributed by atoms with E-state index in [2.05, 4.69) is 15.4 Å². The smallest absolute Gasteiger partial charge is 0.243 e. The monoisotopic (exact) mass is 531 g/mol. The molecule has 2 aliphatic rings. The number of fused-ring (bicyclic) bond motifs is 1. The van der Waals surface area contributed by atoms with Gasteiger partial charge in [0.15, 0.2) is 0 Å². The van der Waals surface area contributed by atoms with Crippen LogP contribution >= 0.6 is 0 Å². The van der Waals surface area contributed by atoms with Crippen molar-refractivity contribution >= 4 is 28.6 Å². The second kappa shape index (κ2) is 11.9. The molecule has 0 saturated carbocycles. The van der Waals surface area contributed by atoms with Crippen molar-refractivity contribution in [2.45, 2.75) is 57.2 Å². The number of rotatable bonds is 9. The maximum atomic E-state index is 13.5. The number of nitrogens with one attached hydrogen (secondary N) is 1. The maximum absolute atomic E-state index is 13.5. The van der Waals surface area contributed by atoms with Crippen molar-refractivity contribution in [1.29, 1.82) is 0 Å². The largest absolute Gasteiger partial charge is 0.350 e. The average Bonchev–Trinajstić information content (AvgIpc) is 3.71. The van der Waals surface area contributed by atoms with E-state index in [9.17, 15) is 14.4 Å². The molecule has 2 aromatic heterocycles. The molecule has 5 rings (SSSR count). The highest BCUT2D eigenvalue weighted by Gasteiger charge is 2.41. The molecule has 10 nitrogen and oxygen atoms in total. The van der Waals surface area contributed by atoms with Crippen LogP contribution in [0.15, 0.2) is 48.9 Å². The summed E-state index contributed by atoms with van der Waals surface area (Å²) in [6.45, 7) is 2.35. The van der Waals surface area contributed by atoms with Crippen LogP contribution in [-0.2, 0) is 34.4 Å². The van der Waals surface area contributed by atoms with E-state index in [1.807, 2.05) is 53.2 Å². The van der Waals surface area contributed by atoms with E-state index in [1.165, 1.54) is 0 Å². The van der Waals surface area contributed by atoms with Gasteiger partial charge in [-0.2, -0.15) is 5.10 Å². The number of nitrogens with zero attached hydrogens (tertiary/aromatic N) is 5. The fourth-order valence-electron chi connectivity index (χ4n) is 5.79. The molecule has 3 aromatic rings. The molecule has 0 radical (unpaired) electrons. The van der Waals surface area contributed by atoms with Crippen LogP contribution in [0.25, 0.3) is 10.9 Å². The van der Waals surface area contributed by atoms with Crippen molar-refractivity contribution < 1.29 is 14.4 Å². The summed E-state index contributed by atoms with van der Waals surface area (Å²) in [5, 5.41) is 8.32. The number of carbonyl (C=O) groups excluding carboxylic acids is 3. The molecule has 3 amide bonds. The molecule has 2 aliphatic heterocycles. The summed E-state index contributed by atoms with van der Waals surface area (Å²) in [5.74, 6) is -0.302. The number of hydrogen-bond acceptors (Lipinski definition) is 6. The highest BCUT2D eigenvalue weighted by Crippen LogP contribution is 2.28. The van der Waals surface area contributed by atoms with Crippen LogP contribution in [0.3, 0.4) is 0 Å². The van der Waals surface area contributed by atoms with E-state index in [1.54, 1.807) is 17.3 Å². The first-order valence-electron chi connectivity index (χ1n) is 13.8. The van der Waals surface area contributed by atoms with E-state index >= 15 is 0 Å². The molecule has 0 unspecified atom stereocenters. The zero-order valence-electron chi connectivity index (χ0n) is 22.5. The molecular weight excluding hydrogens is 494 g/mol. The van der Waals surface area contributed by atoms with E-state index in [-0.39, 0.29) is 36.5 Å². The van der Waals surface area contributed by atoms with Gasteiger partial charge >= 0.3 is 0 Å². The van der Waals surface area contributed by atoms with Gasteiger partial charge in [0.1, 0.15) is 6.04 Å². The van der Waals surface area contributed by atoms with Gasteiger partial charge in [0.25, 0.3) is 0 Å². The zero-order valence-corrected chi connectivity index (χ0v) is 22.5. The van der Waals surface area contributed by atoms with Crippen molar-refractivity contribution in [3.05, 3.63) is 60.0 Å². The first kappa shape index (κ1) is 26.8. The Morgan fingerprint density at radius 1 is 1.13 bits per heavy atom. The van der Waals surface area contributed by atoms with Crippen LogP contribution in [0.5, 0.6) is 0 Å². The molecule has 2 saturated heterocycles. The van der Waals surface area contributed by atoms with Crippen molar-refractivity contribution in [2.24, 2.45) is 18.7 Å². The Morgan fingerprint density at radius 3 is 2.72 bits per heavy atom. The summed E-state index contributed by atoms with van der Waals surface area (Å²) < 4.78 is 1.81. The first-order valence-corrected chi connectivity index (χ1v) is 13.8. The summed E-state index contributed by atoms with van der Waals surface area (Å²) in [5.41, 5.74) is 9.37. The van der Waals surface area contributed by atoms with Crippen LogP contribution in [0.1, 0.15) is 43.2 Å². The topological polar surface area (TPSA) is 126 Å². The van der Waals surface area contributed by atoms with E-state index < -0.39 is 12.1 Å². The van der Waals surface area contributed by atoms with Crippen molar-refractivity contribution in [3.63, 3.8) is 0 Å². The van der Waals surface area contributed by atoms with Crippen LogP contribution in [0, 0.1) is 5.92 Å². The predicted octanol–water partition coefficient (Wildman–Crippen LogP) is 1.77. The second-order valence-corrected chi connectivity index (χ2v) is 10.8. The second-order valence-electron chi connectivity index (χ2n) is 10.8. The number of carbonyl (C=O) groups is 3. The Morgan fingerprint density at radius 2 is 1.95 bits per heavy atom. The minimum Gasteiger partial charge on any atom is -0.350 e. The minimum absolute atomic E-state index is 0.0477. The molecule has 10 heteroatoms. The number of benzene rings is 1. The van der Waals surface area contributed by atoms with Gasteiger partial charge < -0.3 is 20.9 Å².